The van der Waals surface area contributed by atoms with Crippen molar-refractivity contribution in [3.05, 3.63) is 0 Å². The lowest BCUT2D eigenvalue weighted by atomic mass is 10.1. The molecule has 4 amide bonds. The number of primary amides is 1. The van der Waals surface area contributed by atoms with Crippen LogP contribution in [0.3, 0.4) is 0 Å². The Kier molecular flexibility index (Phi) is 15.2. The zero-order valence-electron chi connectivity index (χ0n) is 17.5. The van der Waals surface area contributed by atoms with Gasteiger partial charge >= 0.3 is 5.97 Å². The van der Waals surface area contributed by atoms with Crippen molar-refractivity contribution in [1.29, 1.82) is 0 Å². The van der Waals surface area contributed by atoms with Gasteiger partial charge in [0.15, 0.2) is 0 Å². The number of aliphatic carboxylic acids is 1. The number of hydrogen-bond donors (Lipinski definition) is 7. The van der Waals surface area contributed by atoms with Crippen molar-refractivity contribution in [2.75, 3.05) is 29.8 Å². The molecule has 0 aliphatic heterocycles. The van der Waals surface area contributed by atoms with Crippen molar-refractivity contribution in [3.63, 3.8) is 0 Å². The zero-order valence-corrected chi connectivity index (χ0v) is 20.0. The summed E-state index contributed by atoms with van der Waals surface area (Å²) >= 11 is 6.95. The summed E-state index contributed by atoms with van der Waals surface area (Å²) in [7, 11) is 0. The van der Waals surface area contributed by atoms with Gasteiger partial charge in [-0.25, -0.2) is 4.79 Å². The molecule has 0 rings (SSSR count). The average molecular weight is 498 g/mol. The standard InChI is InChI=1S/C17H31N5O6S3/c1-30-5-3-10(20-14(24)9(18)7-13(19)23)15(25)22-12(8-29)16(26)21-11(17(27)28)4-6-31-2/h9-12,29H,3-8,18H2,1-2H3,(H2,19,23)(H,20,24)(H,21,26)(H,22,25)(H,27,28). The molecule has 31 heavy (non-hydrogen) atoms. The van der Waals surface area contributed by atoms with Crippen LogP contribution in [-0.4, -0.2) is 88.6 Å². The second-order valence-electron chi connectivity index (χ2n) is 6.54. The van der Waals surface area contributed by atoms with E-state index in [4.69, 9.17) is 11.5 Å². The van der Waals surface area contributed by atoms with E-state index in [0.29, 0.717) is 11.5 Å². The van der Waals surface area contributed by atoms with E-state index in [-0.39, 0.29) is 25.0 Å². The van der Waals surface area contributed by atoms with Crippen LogP contribution in [0.5, 0.6) is 0 Å². The number of carbonyl (C=O) groups is 5. The molecule has 0 saturated heterocycles. The molecule has 0 aromatic rings. The van der Waals surface area contributed by atoms with E-state index in [0.717, 1.165) is 0 Å². The van der Waals surface area contributed by atoms with Gasteiger partial charge in [0.1, 0.15) is 18.1 Å². The second kappa shape index (κ2) is 16.1. The number of thioether (sulfide) groups is 2. The number of carboxylic acids is 1. The predicted molar refractivity (Wildman–Crippen MR) is 125 cm³/mol. The molecule has 0 aromatic heterocycles. The summed E-state index contributed by atoms with van der Waals surface area (Å²) in [6, 6.07) is -4.43. The molecule has 4 atom stereocenters. The van der Waals surface area contributed by atoms with Crippen LogP contribution < -0.4 is 27.4 Å². The number of hydrogen-bond acceptors (Lipinski definition) is 9. The van der Waals surface area contributed by atoms with Gasteiger partial charge in [-0.15, -0.1) is 0 Å². The molecule has 0 spiro atoms. The molecule has 0 aromatic carbocycles. The number of thiol groups is 1. The Hall–Kier alpha value is -1.64. The van der Waals surface area contributed by atoms with Gasteiger partial charge in [0.25, 0.3) is 0 Å². The van der Waals surface area contributed by atoms with Gasteiger partial charge in [-0.1, -0.05) is 0 Å². The monoisotopic (exact) mass is 497 g/mol. The Labute approximate surface area is 195 Å². The minimum absolute atomic E-state index is 0.0865. The fourth-order valence-electron chi connectivity index (χ4n) is 2.32. The summed E-state index contributed by atoms with van der Waals surface area (Å²) in [5.41, 5.74) is 10.6. The lowest BCUT2D eigenvalue weighted by Crippen LogP contribution is -2.58. The Bertz CT molecular complexity index is 639. The first kappa shape index (κ1) is 29.4. The van der Waals surface area contributed by atoms with Crippen molar-refractivity contribution in [2.24, 2.45) is 11.5 Å². The van der Waals surface area contributed by atoms with Crippen LogP contribution in [0.4, 0.5) is 0 Å². The van der Waals surface area contributed by atoms with Gasteiger partial charge in [-0.05, 0) is 36.9 Å². The summed E-state index contributed by atoms with van der Waals surface area (Å²) in [6.07, 6.45) is 3.72. The van der Waals surface area contributed by atoms with Crippen molar-refractivity contribution in [2.45, 2.75) is 43.4 Å². The van der Waals surface area contributed by atoms with E-state index in [1.807, 2.05) is 12.5 Å². The summed E-state index contributed by atoms with van der Waals surface area (Å²) in [6.45, 7) is 0. The average Bonchev–Trinajstić information content (AvgIpc) is 2.70. The number of carbonyl (C=O) groups excluding carboxylic acids is 4. The van der Waals surface area contributed by atoms with Crippen molar-refractivity contribution < 1.29 is 29.1 Å². The Balaban J connectivity index is 5.16. The topological polar surface area (TPSA) is 194 Å². The highest BCUT2D eigenvalue weighted by molar-refractivity contribution is 7.98. The van der Waals surface area contributed by atoms with E-state index < -0.39 is 53.8 Å². The third-order valence-corrected chi connectivity index (χ3v) is 5.70. The predicted octanol–water partition coefficient (Wildman–Crippen LogP) is -1.84. The van der Waals surface area contributed by atoms with Crippen LogP contribution in [0.1, 0.15) is 19.3 Å². The van der Waals surface area contributed by atoms with Gasteiger partial charge in [0.05, 0.1) is 12.5 Å². The van der Waals surface area contributed by atoms with Gasteiger partial charge < -0.3 is 32.5 Å². The molecular weight excluding hydrogens is 466 g/mol. The lowest BCUT2D eigenvalue weighted by molar-refractivity contribution is -0.142. The SMILES string of the molecule is CSCCC(NC(=O)C(CS)NC(=O)C(CCSC)NC(=O)C(N)CC(N)=O)C(=O)O. The zero-order chi connectivity index (χ0) is 24.0. The molecule has 4 unspecified atom stereocenters. The molecule has 0 aliphatic rings. The quantitative estimate of drug-likeness (QED) is 0.120. The molecule has 0 fully saturated rings. The molecule has 0 heterocycles. The Morgan fingerprint density at radius 2 is 1.32 bits per heavy atom. The minimum Gasteiger partial charge on any atom is -0.480 e. The normalized spacial score (nSPS) is 14.6. The van der Waals surface area contributed by atoms with Crippen molar-refractivity contribution in [3.8, 4) is 0 Å². The number of rotatable bonds is 16. The number of nitrogens with two attached hydrogens (primary N) is 2. The molecule has 0 aliphatic carbocycles. The van der Waals surface area contributed by atoms with Crippen molar-refractivity contribution >= 4 is 65.8 Å². The van der Waals surface area contributed by atoms with Crippen LogP contribution >= 0.6 is 36.2 Å². The molecule has 178 valence electrons. The lowest BCUT2D eigenvalue weighted by Gasteiger charge is -2.24. The number of carboxylic acid groups (broad SMARTS) is 1. The molecule has 0 bridgehead atoms. The smallest absolute Gasteiger partial charge is 0.326 e. The first-order valence-corrected chi connectivity index (χ1v) is 12.8. The molecule has 11 nitrogen and oxygen atoms in total. The van der Waals surface area contributed by atoms with Crippen LogP contribution in [-0.2, 0) is 24.0 Å². The maximum atomic E-state index is 12.7. The van der Waals surface area contributed by atoms with Crippen LogP contribution in [0.2, 0.25) is 0 Å². The van der Waals surface area contributed by atoms with E-state index in [9.17, 15) is 29.1 Å². The molecule has 0 radical (unpaired) electrons. The maximum Gasteiger partial charge on any atom is 0.326 e. The first-order chi connectivity index (χ1) is 14.6. The summed E-state index contributed by atoms with van der Waals surface area (Å²) in [5.74, 6) is -3.04. The third kappa shape index (κ3) is 12.1. The number of nitrogens with one attached hydrogen (secondary N) is 3. The third-order valence-electron chi connectivity index (χ3n) is 4.04. The fourth-order valence-corrected chi connectivity index (χ4v) is 3.52. The highest BCUT2D eigenvalue weighted by Gasteiger charge is 2.29. The highest BCUT2D eigenvalue weighted by Crippen LogP contribution is 2.05. The molecule has 14 heteroatoms. The van der Waals surface area contributed by atoms with Gasteiger partial charge in [-0.2, -0.15) is 36.2 Å². The first-order valence-electron chi connectivity index (χ1n) is 9.33. The van der Waals surface area contributed by atoms with Gasteiger partial charge in [-0.3, -0.25) is 19.2 Å². The van der Waals surface area contributed by atoms with Gasteiger partial charge in [0, 0.05) is 5.75 Å². The maximum absolute atomic E-state index is 12.7. The summed E-state index contributed by atoms with van der Waals surface area (Å²) in [5, 5.41) is 16.6. The fraction of sp³-hybridized carbons (Fsp3) is 0.706. The largest absolute Gasteiger partial charge is 0.480 e. The summed E-state index contributed by atoms with van der Waals surface area (Å²) < 4.78 is 0. The Morgan fingerprint density at radius 3 is 1.77 bits per heavy atom. The number of amides is 4. The van der Waals surface area contributed by atoms with Crippen molar-refractivity contribution in [1.82, 2.24) is 16.0 Å². The molecular formula is C17H31N5O6S3. The molecule has 0 saturated carbocycles. The van der Waals surface area contributed by atoms with Crippen LogP contribution in [0, 0.1) is 0 Å². The van der Waals surface area contributed by atoms with E-state index >= 15 is 0 Å². The Morgan fingerprint density at radius 1 is 0.871 bits per heavy atom. The van der Waals surface area contributed by atoms with E-state index in [1.54, 1.807) is 0 Å². The van der Waals surface area contributed by atoms with E-state index in [2.05, 4.69) is 28.6 Å². The minimum atomic E-state index is -1.21. The van der Waals surface area contributed by atoms with E-state index in [1.165, 1.54) is 23.5 Å². The van der Waals surface area contributed by atoms with Crippen LogP contribution in [0.25, 0.3) is 0 Å². The second-order valence-corrected chi connectivity index (χ2v) is 8.88. The highest BCUT2D eigenvalue weighted by atomic mass is 32.2. The van der Waals surface area contributed by atoms with Crippen LogP contribution in [0.15, 0.2) is 0 Å². The summed E-state index contributed by atoms with van der Waals surface area (Å²) in [4.78, 5) is 59.6. The molecule has 8 N–H and O–H groups in total. The van der Waals surface area contributed by atoms with Gasteiger partial charge in [0.2, 0.25) is 23.6 Å².